The third-order valence-electron chi connectivity index (χ3n) is 6.51. The molecule has 0 bridgehead atoms. The van der Waals surface area contributed by atoms with E-state index in [-0.39, 0.29) is 35.5 Å². The summed E-state index contributed by atoms with van der Waals surface area (Å²) in [6.07, 6.45) is 2.21. The number of alkyl halides is 1. The van der Waals surface area contributed by atoms with Gasteiger partial charge in [-0.2, -0.15) is 0 Å². The Morgan fingerprint density at radius 1 is 1.34 bits per heavy atom. The van der Waals surface area contributed by atoms with Crippen molar-refractivity contribution in [3.05, 3.63) is 47.4 Å². The minimum atomic E-state index is -1.68. The second-order valence-corrected chi connectivity index (χ2v) is 10.6. The molecule has 1 fully saturated rings. The quantitative estimate of drug-likeness (QED) is 0.318. The van der Waals surface area contributed by atoms with Crippen LogP contribution in [0.25, 0.3) is 16.9 Å². The monoisotopic (exact) mass is 526 g/mol. The topological polar surface area (TPSA) is 144 Å². The summed E-state index contributed by atoms with van der Waals surface area (Å²) in [5.41, 5.74) is 6.15. The van der Waals surface area contributed by atoms with Crippen LogP contribution in [0.5, 0.6) is 0 Å². The number of amides is 2. The molecule has 10 nitrogen and oxygen atoms in total. The van der Waals surface area contributed by atoms with Crippen LogP contribution >= 0.6 is 0 Å². The van der Waals surface area contributed by atoms with E-state index in [2.05, 4.69) is 20.6 Å². The smallest absolute Gasteiger partial charge is 0.252 e. The van der Waals surface area contributed by atoms with E-state index >= 15 is 0 Å². The lowest BCUT2D eigenvalue weighted by Crippen LogP contribution is -2.35. The molecule has 0 aromatic carbocycles. The summed E-state index contributed by atoms with van der Waals surface area (Å²) in [4.78, 5) is 33.9. The van der Waals surface area contributed by atoms with E-state index in [1.165, 1.54) is 13.8 Å². The molecule has 1 unspecified atom stereocenters. The SMILES string of the molecule is CC(C)Nc1cc(-n2ccc3cc(CNC(=O)C4CCOC4)cnc32)nc(C[C@@H](F)C(C)(C)O)c1C(N)=O. The number of aromatic nitrogens is 3. The van der Waals surface area contributed by atoms with Gasteiger partial charge in [0, 0.05) is 49.5 Å². The molecule has 2 atom stereocenters. The average Bonchev–Trinajstić information content (AvgIpc) is 3.51. The molecular formula is C27H35FN6O4. The highest BCUT2D eigenvalue weighted by Crippen LogP contribution is 2.28. The van der Waals surface area contributed by atoms with E-state index in [0.29, 0.717) is 36.9 Å². The molecule has 38 heavy (non-hydrogen) atoms. The van der Waals surface area contributed by atoms with Crippen molar-refractivity contribution in [3.8, 4) is 5.82 Å². The zero-order valence-corrected chi connectivity index (χ0v) is 22.1. The molecule has 0 spiro atoms. The van der Waals surface area contributed by atoms with Gasteiger partial charge in [0.05, 0.1) is 35.1 Å². The molecule has 0 aliphatic carbocycles. The number of nitrogens with zero attached hydrogens (tertiary/aromatic N) is 3. The molecule has 4 heterocycles. The van der Waals surface area contributed by atoms with Gasteiger partial charge in [-0.05, 0) is 51.8 Å². The van der Waals surface area contributed by atoms with Gasteiger partial charge in [0.1, 0.15) is 17.6 Å². The maximum Gasteiger partial charge on any atom is 0.252 e. The van der Waals surface area contributed by atoms with Crippen molar-refractivity contribution in [2.75, 3.05) is 18.5 Å². The number of halogens is 1. The summed E-state index contributed by atoms with van der Waals surface area (Å²) in [7, 11) is 0. The van der Waals surface area contributed by atoms with E-state index < -0.39 is 17.7 Å². The third kappa shape index (κ3) is 6.11. The van der Waals surface area contributed by atoms with E-state index in [4.69, 9.17) is 10.5 Å². The number of hydrogen-bond acceptors (Lipinski definition) is 7. The molecule has 1 aliphatic heterocycles. The Balaban J connectivity index is 1.68. The van der Waals surface area contributed by atoms with E-state index in [0.717, 1.165) is 17.4 Å². The number of aliphatic hydroxyl groups is 1. The van der Waals surface area contributed by atoms with Crippen molar-refractivity contribution in [1.82, 2.24) is 19.9 Å². The molecule has 1 aliphatic rings. The van der Waals surface area contributed by atoms with Crippen LogP contribution in [0, 0.1) is 5.92 Å². The van der Waals surface area contributed by atoms with Crippen molar-refractivity contribution >= 4 is 28.5 Å². The lowest BCUT2D eigenvalue weighted by molar-refractivity contribution is -0.125. The molecule has 0 radical (unpaired) electrons. The normalized spacial score (nSPS) is 16.7. The van der Waals surface area contributed by atoms with Crippen LogP contribution in [0.1, 0.15) is 55.7 Å². The van der Waals surface area contributed by atoms with Crippen LogP contribution in [0.3, 0.4) is 0 Å². The summed E-state index contributed by atoms with van der Waals surface area (Å²) in [5.74, 6) is -0.475. The molecular weight excluding hydrogens is 491 g/mol. The lowest BCUT2D eigenvalue weighted by atomic mass is 9.96. The van der Waals surface area contributed by atoms with Gasteiger partial charge in [0.15, 0.2) is 0 Å². The van der Waals surface area contributed by atoms with E-state index in [9.17, 15) is 19.1 Å². The number of hydrogen-bond donors (Lipinski definition) is 4. The summed E-state index contributed by atoms with van der Waals surface area (Å²) < 4.78 is 21.9. The summed E-state index contributed by atoms with van der Waals surface area (Å²) in [6, 6.07) is 5.44. The minimum absolute atomic E-state index is 0.0335. The molecule has 1 saturated heterocycles. The highest BCUT2D eigenvalue weighted by atomic mass is 19.1. The van der Waals surface area contributed by atoms with Gasteiger partial charge >= 0.3 is 0 Å². The number of pyridine rings is 2. The number of carbonyl (C=O) groups excluding carboxylic acids is 2. The van der Waals surface area contributed by atoms with Crippen molar-refractivity contribution in [1.29, 1.82) is 0 Å². The number of nitrogens with one attached hydrogen (secondary N) is 2. The fraction of sp³-hybridized carbons (Fsp3) is 0.481. The molecule has 0 saturated carbocycles. The van der Waals surface area contributed by atoms with Crippen LogP contribution < -0.4 is 16.4 Å². The first-order valence-corrected chi connectivity index (χ1v) is 12.7. The van der Waals surface area contributed by atoms with Crippen LogP contribution in [-0.2, 0) is 22.5 Å². The van der Waals surface area contributed by atoms with Crippen LogP contribution in [0.2, 0.25) is 0 Å². The number of nitrogens with two attached hydrogens (primary N) is 1. The predicted molar refractivity (Wildman–Crippen MR) is 142 cm³/mol. The largest absolute Gasteiger partial charge is 0.387 e. The summed E-state index contributed by atoms with van der Waals surface area (Å²) in [5, 5.41) is 17.1. The average molecular weight is 527 g/mol. The van der Waals surface area contributed by atoms with Crippen molar-refractivity contribution in [2.24, 2.45) is 11.7 Å². The maximum atomic E-state index is 14.9. The van der Waals surface area contributed by atoms with Crippen LogP contribution in [-0.4, -0.2) is 62.5 Å². The zero-order chi connectivity index (χ0) is 27.6. The van der Waals surface area contributed by atoms with E-state index in [1.54, 1.807) is 23.0 Å². The molecule has 2 amide bonds. The number of fused-ring (bicyclic) bond motifs is 1. The Morgan fingerprint density at radius 3 is 2.74 bits per heavy atom. The van der Waals surface area contributed by atoms with Gasteiger partial charge in [-0.15, -0.1) is 0 Å². The standard InChI is InChI=1S/C27H35FN6O4/c1-15(2)32-20-11-22(33-19(23(20)24(29)35)10-21(28)27(3,4)37)34-7-5-17-9-16(12-30-25(17)34)13-31-26(36)18-6-8-38-14-18/h5,7,9,11-12,15,18,21,37H,6,8,10,13-14H2,1-4H3,(H2,29,35)(H,31,36)(H,32,33)/t18?,21-/m1/s1. The van der Waals surface area contributed by atoms with Gasteiger partial charge in [-0.1, -0.05) is 0 Å². The maximum absolute atomic E-state index is 14.9. The Kier molecular flexibility index (Phi) is 7.98. The van der Waals surface area contributed by atoms with Crippen LogP contribution in [0.15, 0.2) is 30.6 Å². The fourth-order valence-electron chi connectivity index (χ4n) is 4.40. The molecule has 11 heteroatoms. The highest BCUT2D eigenvalue weighted by molar-refractivity contribution is 6.00. The second kappa shape index (κ2) is 11.0. The third-order valence-corrected chi connectivity index (χ3v) is 6.51. The van der Waals surface area contributed by atoms with Gasteiger partial charge in [-0.25, -0.2) is 14.4 Å². The number of anilines is 1. The molecule has 204 valence electrons. The first-order chi connectivity index (χ1) is 17.9. The van der Waals surface area contributed by atoms with Crippen molar-refractivity contribution in [3.63, 3.8) is 0 Å². The number of carbonyl (C=O) groups is 2. The summed E-state index contributed by atoms with van der Waals surface area (Å²) >= 11 is 0. The first kappa shape index (κ1) is 27.5. The predicted octanol–water partition coefficient (Wildman–Crippen LogP) is 2.64. The lowest BCUT2D eigenvalue weighted by Gasteiger charge is -2.24. The molecule has 3 aromatic rings. The van der Waals surface area contributed by atoms with Gasteiger partial charge in [0.25, 0.3) is 5.91 Å². The highest BCUT2D eigenvalue weighted by Gasteiger charge is 2.30. The van der Waals surface area contributed by atoms with Crippen LogP contribution in [0.4, 0.5) is 10.1 Å². The Morgan fingerprint density at radius 2 is 2.11 bits per heavy atom. The molecule has 4 rings (SSSR count). The fourth-order valence-corrected chi connectivity index (χ4v) is 4.40. The zero-order valence-electron chi connectivity index (χ0n) is 22.1. The van der Waals surface area contributed by atoms with E-state index in [1.807, 2.05) is 26.0 Å². The van der Waals surface area contributed by atoms with Gasteiger partial charge < -0.3 is 26.2 Å². The number of primary amides is 1. The van der Waals surface area contributed by atoms with Crippen molar-refractivity contribution < 1.29 is 23.8 Å². The van der Waals surface area contributed by atoms with Gasteiger partial charge in [-0.3, -0.25) is 14.2 Å². The minimum Gasteiger partial charge on any atom is -0.387 e. The Bertz CT molecular complexity index is 1330. The second-order valence-electron chi connectivity index (χ2n) is 10.6. The van der Waals surface area contributed by atoms with Crippen molar-refractivity contribution in [2.45, 2.75) is 64.9 Å². The first-order valence-electron chi connectivity index (χ1n) is 12.7. The molecule has 3 aromatic heterocycles. The number of rotatable bonds is 10. The Hall–Kier alpha value is -3.57. The molecule has 5 N–H and O–H groups in total. The van der Waals surface area contributed by atoms with Gasteiger partial charge in [0.2, 0.25) is 5.91 Å². The number of ether oxygens (including phenoxy) is 1. The Labute approximate surface area is 220 Å². The summed E-state index contributed by atoms with van der Waals surface area (Å²) in [6.45, 7) is 7.94.